The third kappa shape index (κ3) is 6.07. The molecule has 0 unspecified atom stereocenters. The summed E-state index contributed by atoms with van der Waals surface area (Å²) in [5.74, 6) is 7.17. The molecule has 0 aliphatic rings. The lowest BCUT2D eigenvalue weighted by atomic mass is 10.1. The van der Waals surface area contributed by atoms with Gasteiger partial charge in [0, 0.05) is 12.2 Å². The number of unbranched alkanes of at least 4 members (excludes halogenated alkanes) is 2. The Kier molecular flexibility index (Phi) is 7.53. The summed E-state index contributed by atoms with van der Waals surface area (Å²) in [6.07, 6.45) is 3.72. The summed E-state index contributed by atoms with van der Waals surface area (Å²) < 4.78 is 0. The summed E-state index contributed by atoms with van der Waals surface area (Å²) in [7, 11) is 0. The van der Waals surface area contributed by atoms with Gasteiger partial charge in [0.1, 0.15) is 0 Å². The second-order valence-electron chi connectivity index (χ2n) is 4.36. The summed E-state index contributed by atoms with van der Waals surface area (Å²) >= 11 is 1.96. The number of nitrogens with two attached hydrogens (primary N) is 1. The summed E-state index contributed by atoms with van der Waals surface area (Å²) in [4.78, 5) is 10.9. The first-order chi connectivity index (χ1) is 8.74. The number of aryl methyl sites for hydroxylation is 1. The molecule has 18 heavy (non-hydrogen) atoms. The summed E-state index contributed by atoms with van der Waals surface area (Å²) in [6.45, 7) is 2.15. The van der Waals surface area contributed by atoms with Gasteiger partial charge in [-0.1, -0.05) is 30.7 Å². The monoisotopic (exact) mass is 266 g/mol. The van der Waals surface area contributed by atoms with Gasteiger partial charge < -0.3 is 0 Å². The molecule has 100 valence electrons. The van der Waals surface area contributed by atoms with Crippen LogP contribution in [-0.2, 0) is 10.5 Å². The topological polar surface area (TPSA) is 55.1 Å². The number of carbonyl (C=O) groups excluding carboxylic acids is 1. The zero-order valence-corrected chi connectivity index (χ0v) is 11.8. The molecule has 0 bridgehead atoms. The third-order valence-corrected chi connectivity index (χ3v) is 3.96. The first-order valence-corrected chi connectivity index (χ1v) is 7.51. The number of hydrogen-bond acceptors (Lipinski definition) is 3. The van der Waals surface area contributed by atoms with Gasteiger partial charge in [0.25, 0.3) is 0 Å². The second kappa shape index (κ2) is 9.00. The first kappa shape index (κ1) is 15.1. The highest BCUT2D eigenvalue weighted by molar-refractivity contribution is 7.98. The van der Waals surface area contributed by atoms with Gasteiger partial charge >= 0.3 is 0 Å². The van der Waals surface area contributed by atoms with Crippen LogP contribution in [0.5, 0.6) is 0 Å². The van der Waals surface area contributed by atoms with E-state index in [0.717, 1.165) is 30.8 Å². The van der Waals surface area contributed by atoms with E-state index < -0.39 is 0 Å². The number of rotatable bonds is 8. The maximum absolute atomic E-state index is 10.9. The Morgan fingerprint density at radius 3 is 2.78 bits per heavy atom. The molecule has 4 heteroatoms. The molecule has 1 rings (SSSR count). The molecular weight excluding hydrogens is 244 g/mol. The molecule has 0 aromatic heterocycles. The highest BCUT2D eigenvalue weighted by Gasteiger charge is 1.99. The zero-order valence-electron chi connectivity index (χ0n) is 10.9. The van der Waals surface area contributed by atoms with E-state index >= 15 is 0 Å². The maximum Gasteiger partial charge on any atom is 0.233 e. The van der Waals surface area contributed by atoms with Crippen molar-refractivity contribution in [1.82, 2.24) is 5.43 Å². The Bertz CT molecular complexity index is 369. The van der Waals surface area contributed by atoms with Gasteiger partial charge in [-0.25, -0.2) is 5.84 Å². The standard InChI is InChI=1S/C14H22N2OS/c1-12-7-4-5-8-13(12)11-18-10-6-2-3-9-14(17)16-15/h4-5,7-8H,2-3,6,9-11,15H2,1H3,(H,16,17). The lowest BCUT2D eigenvalue weighted by Gasteiger charge is -2.05. The maximum atomic E-state index is 10.9. The predicted octanol–water partition coefficient (Wildman–Crippen LogP) is 2.78. The average Bonchev–Trinajstić information content (AvgIpc) is 2.39. The molecule has 0 saturated carbocycles. The highest BCUT2D eigenvalue weighted by Crippen LogP contribution is 2.17. The summed E-state index contributed by atoms with van der Waals surface area (Å²) in [6, 6.07) is 8.51. The average molecular weight is 266 g/mol. The van der Waals surface area contributed by atoms with Gasteiger partial charge in [-0.05, 0) is 36.6 Å². The van der Waals surface area contributed by atoms with E-state index in [1.54, 1.807) is 0 Å². The lowest BCUT2D eigenvalue weighted by molar-refractivity contribution is -0.121. The second-order valence-corrected chi connectivity index (χ2v) is 5.46. The van der Waals surface area contributed by atoms with Crippen LogP contribution in [0.2, 0.25) is 0 Å². The Hall–Kier alpha value is -1.00. The molecule has 1 aromatic carbocycles. The molecule has 0 spiro atoms. The minimum atomic E-state index is -0.0671. The molecule has 0 saturated heterocycles. The molecule has 0 atom stereocenters. The Morgan fingerprint density at radius 2 is 2.06 bits per heavy atom. The fourth-order valence-electron chi connectivity index (χ4n) is 1.69. The van der Waals surface area contributed by atoms with Crippen LogP contribution >= 0.6 is 11.8 Å². The molecule has 0 fully saturated rings. The predicted molar refractivity (Wildman–Crippen MR) is 78.1 cm³/mol. The molecular formula is C14H22N2OS. The van der Waals surface area contributed by atoms with Gasteiger partial charge in [0.2, 0.25) is 5.91 Å². The number of hydrogen-bond donors (Lipinski definition) is 2. The fourth-order valence-corrected chi connectivity index (χ4v) is 2.79. The number of amides is 1. The molecule has 0 heterocycles. The van der Waals surface area contributed by atoms with Crippen molar-refractivity contribution in [2.24, 2.45) is 5.84 Å². The Labute approximate surface area is 113 Å². The highest BCUT2D eigenvalue weighted by atomic mass is 32.2. The quantitative estimate of drug-likeness (QED) is 0.329. The number of carbonyl (C=O) groups is 1. The van der Waals surface area contributed by atoms with Crippen LogP contribution in [0.3, 0.4) is 0 Å². The summed E-state index contributed by atoms with van der Waals surface area (Å²) in [5.41, 5.74) is 4.94. The normalized spacial score (nSPS) is 10.3. The molecule has 3 nitrogen and oxygen atoms in total. The van der Waals surface area contributed by atoms with Crippen molar-refractivity contribution in [2.75, 3.05) is 5.75 Å². The van der Waals surface area contributed by atoms with Crippen molar-refractivity contribution < 1.29 is 4.79 Å². The van der Waals surface area contributed by atoms with Crippen molar-refractivity contribution in [2.45, 2.75) is 38.4 Å². The van der Waals surface area contributed by atoms with Crippen molar-refractivity contribution in [3.05, 3.63) is 35.4 Å². The molecule has 0 radical (unpaired) electrons. The molecule has 1 amide bonds. The van der Waals surface area contributed by atoms with Crippen LogP contribution in [0.1, 0.15) is 36.8 Å². The van der Waals surface area contributed by atoms with Crippen molar-refractivity contribution in [1.29, 1.82) is 0 Å². The number of thioether (sulfide) groups is 1. The van der Waals surface area contributed by atoms with E-state index in [1.165, 1.54) is 11.1 Å². The minimum absolute atomic E-state index is 0.0671. The van der Waals surface area contributed by atoms with Crippen LogP contribution in [0, 0.1) is 6.92 Å². The Balaban J connectivity index is 2.02. The first-order valence-electron chi connectivity index (χ1n) is 6.35. The van der Waals surface area contributed by atoms with Crippen LogP contribution < -0.4 is 11.3 Å². The van der Waals surface area contributed by atoms with Crippen LogP contribution in [-0.4, -0.2) is 11.7 Å². The van der Waals surface area contributed by atoms with Crippen molar-refractivity contribution >= 4 is 17.7 Å². The Morgan fingerprint density at radius 1 is 1.28 bits per heavy atom. The zero-order chi connectivity index (χ0) is 13.2. The van der Waals surface area contributed by atoms with E-state index in [2.05, 4.69) is 36.6 Å². The molecule has 3 N–H and O–H groups in total. The van der Waals surface area contributed by atoms with E-state index in [4.69, 9.17) is 5.84 Å². The molecule has 0 aliphatic heterocycles. The number of benzene rings is 1. The van der Waals surface area contributed by atoms with Gasteiger partial charge in [-0.3, -0.25) is 10.2 Å². The van der Waals surface area contributed by atoms with Crippen LogP contribution in [0.4, 0.5) is 0 Å². The van der Waals surface area contributed by atoms with E-state index in [0.29, 0.717) is 6.42 Å². The molecule has 1 aromatic rings. The van der Waals surface area contributed by atoms with Crippen LogP contribution in [0.15, 0.2) is 24.3 Å². The van der Waals surface area contributed by atoms with E-state index in [9.17, 15) is 4.79 Å². The van der Waals surface area contributed by atoms with Gasteiger partial charge in [0.15, 0.2) is 0 Å². The largest absolute Gasteiger partial charge is 0.294 e. The summed E-state index contributed by atoms with van der Waals surface area (Å²) in [5, 5.41) is 0. The minimum Gasteiger partial charge on any atom is -0.294 e. The van der Waals surface area contributed by atoms with Crippen molar-refractivity contribution in [3.8, 4) is 0 Å². The smallest absolute Gasteiger partial charge is 0.233 e. The van der Waals surface area contributed by atoms with Gasteiger partial charge in [-0.2, -0.15) is 11.8 Å². The SMILES string of the molecule is Cc1ccccc1CSCCCCCC(=O)NN. The van der Waals surface area contributed by atoms with Crippen molar-refractivity contribution in [3.63, 3.8) is 0 Å². The third-order valence-electron chi connectivity index (χ3n) is 2.87. The fraction of sp³-hybridized carbons (Fsp3) is 0.500. The lowest BCUT2D eigenvalue weighted by Crippen LogP contribution is -2.29. The number of nitrogens with one attached hydrogen (secondary N) is 1. The van der Waals surface area contributed by atoms with Gasteiger partial charge in [0.05, 0.1) is 0 Å². The number of hydrazine groups is 1. The van der Waals surface area contributed by atoms with E-state index in [-0.39, 0.29) is 5.91 Å². The van der Waals surface area contributed by atoms with Crippen LogP contribution in [0.25, 0.3) is 0 Å². The van der Waals surface area contributed by atoms with E-state index in [1.807, 2.05) is 11.8 Å². The molecule has 0 aliphatic carbocycles. The van der Waals surface area contributed by atoms with Gasteiger partial charge in [-0.15, -0.1) is 0 Å².